The summed E-state index contributed by atoms with van der Waals surface area (Å²) in [6.07, 6.45) is 2.27. The van der Waals surface area contributed by atoms with Crippen LogP contribution in [-0.2, 0) is 6.42 Å². The van der Waals surface area contributed by atoms with E-state index in [1.807, 2.05) is 12.1 Å². The largest absolute Gasteiger partial charge is 0.508 e. The molecule has 1 fully saturated rings. The molecule has 0 aromatic heterocycles. The number of hydrogen-bond donors (Lipinski definition) is 1. The van der Waals surface area contributed by atoms with E-state index in [4.69, 9.17) is 0 Å². The van der Waals surface area contributed by atoms with E-state index in [0.717, 1.165) is 13.0 Å². The normalized spacial score (nSPS) is 22.9. The van der Waals surface area contributed by atoms with Crippen molar-refractivity contribution >= 4 is 0 Å². The Hall–Kier alpha value is -1.06. The van der Waals surface area contributed by atoms with Gasteiger partial charge in [0.25, 0.3) is 0 Å². The van der Waals surface area contributed by atoms with Crippen molar-refractivity contribution < 1.29 is 5.11 Å². The number of likely N-dealkylation sites (N-methyl/N-ethyl adjacent to an activating group) is 1. The third kappa shape index (κ3) is 3.97. The number of hydrogen-bond acceptors (Lipinski definition) is 3. The van der Waals surface area contributed by atoms with Gasteiger partial charge in [-0.2, -0.15) is 0 Å². The highest BCUT2D eigenvalue weighted by Gasteiger charge is 2.25. The molecule has 0 spiro atoms. The van der Waals surface area contributed by atoms with Crippen LogP contribution in [0.4, 0.5) is 0 Å². The lowest BCUT2D eigenvalue weighted by Gasteiger charge is -2.42. The minimum atomic E-state index is 0.353. The lowest BCUT2D eigenvalue weighted by Crippen LogP contribution is -2.54. The van der Waals surface area contributed by atoms with Gasteiger partial charge in [0, 0.05) is 31.7 Å². The van der Waals surface area contributed by atoms with Crippen LogP contribution in [0.1, 0.15) is 32.8 Å². The fraction of sp³-hybridized carbons (Fsp3) is 0.647. The van der Waals surface area contributed by atoms with Gasteiger partial charge < -0.3 is 5.11 Å². The van der Waals surface area contributed by atoms with E-state index in [2.05, 4.69) is 30.6 Å². The quantitative estimate of drug-likeness (QED) is 0.896. The molecule has 2 unspecified atom stereocenters. The van der Waals surface area contributed by atoms with Gasteiger partial charge in [0.2, 0.25) is 0 Å². The van der Waals surface area contributed by atoms with Gasteiger partial charge in [0.15, 0.2) is 0 Å². The molecule has 2 rings (SSSR count). The number of aryl methyl sites for hydroxylation is 1. The second-order valence-electron chi connectivity index (χ2n) is 6.03. The molecule has 0 radical (unpaired) electrons. The molecule has 112 valence electrons. The van der Waals surface area contributed by atoms with Gasteiger partial charge in [-0.15, -0.1) is 0 Å². The van der Waals surface area contributed by atoms with Crippen molar-refractivity contribution in [2.75, 3.05) is 26.2 Å². The molecule has 3 heteroatoms. The molecule has 3 nitrogen and oxygen atoms in total. The number of aromatic hydroxyl groups is 1. The zero-order chi connectivity index (χ0) is 14.5. The number of benzene rings is 1. The summed E-state index contributed by atoms with van der Waals surface area (Å²) in [5, 5.41) is 9.30. The molecule has 1 N–H and O–H groups in total. The minimum Gasteiger partial charge on any atom is -0.508 e. The van der Waals surface area contributed by atoms with Crippen LogP contribution in [0.5, 0.6) is 5.75 Å². The first kappa shape index (κ1) is 15.3. The van der Waals surface area contributed by atoms with E-state index in [1.54, 1.807) is 12.1 Å². The Morgan fingerprint density at radius 3 is 2.55 bits per heavy atom. The van der Waals surface area contributed by atoms with E-state index >= 15 is 0 Å². The maximum atomic E-state index is 9.30. The Morgan fingerprint density at radius 2 is 1.95 bits per heavy atom. The number of phenols is 1. The molecular formula is C17H28N2O. The van der Waals surface area contributed by atoms with Crippen LogP contribution in [0.25, 0.3) is 0 Å². The monoisotopic (exact) mass is 276 g/mol. The third-order valence-corrected chi connectivity index (χ3v) is 4.61. The molecule has 0 saturated carbocycles. The summed E-state index contributed by atoms with van der Waals surface area (Å²) in [4.78, 5) is 5.18. The van der Waals surface area contributed by atoms with Gasteiger partial charge in [-0.3, -0.25) is 9.80 Å². The van der Waals surface area contributed by atoms with E-state index in [0.29, 0.717) is 17.8 Å². The van der Waals surface area contributed by atoms with Crippen molar-refractivity contribution in [1.82, 2.24) is 9.80 Å². The van der Waals surface area contributed by atoms with Crippen molar-refractivity contribution in [1.29, 1.82) is 0 Å². The summed E-state index contributed by atoms with van der Waals surface area (Å²) < 4.78 is 0. The maximum absolute atomic E-state index is 9.30. The van der Waals surface area contributed by atoms with Crippen LogP contribution in [0, 0.1) is 0 Å². The Balaban J connectivity index is 1.80. The second kappa shape index (κ2) is 7.09. The first-order valence-corrected chi connectivity index (χ1v) is 7.86. The Labute approximate surface area is 123 Å². The van der Waals surface area contributed by atoms with Gasteiger partial charge >= 0.3 is 0 Å². The van der Waals surface area contributed by atoms with Crippen molar-refractivity contribution in [2.45, 2.75) is 45.7 Å². The van der Waals surface area contributed by atoms with E-state index < -0.39 is 0 Å². The molecule has 0 aliphatic carbocycles. The number of nitrogens with zero attached hydrogens (tertiary/aromatic N) is 2. The van der Waals surface area contributed by atoms with E-state index in [-0.39, 0.29) is 0 Å². The van der Waals surface area contributed by atoms with Crippen LogP contribution < -0.4 is 0 Å². The average Bonchev–Trinajstić information content (AvgIpc) is 2.46. The molecule has 20 heavy (non-hydrogen) atoms. The minimum absolute atomic E-state index is 0.353. The Kier molecular flexibility index (Phi) is 5.44. The highest BCUT2D eigenvalue weighted by molar-refractivity contribution is 5.25. The summed E-state index contributed by atoms with van der Waals surface area (Å²) in [7, 11) is 0. The molecule has 1 aliphatic rings. The van der Waals surface area contributed by atoms with Crippen molar-refractivity contribution in [3.63, 3.8) is 0 Å². The Morgan fingerprint density at radius 1 is 1.25 bits per heavy atom. The summed E-state index contributed by atoms with van der Waals surface area (Å²) in [5.41, 5.74) is 1.31. The predicted molar refractivity (Wildman–Crippen MR) is 84.2 cm³/mol. The first-order chi connectivity index (χ1) is 9.60. The lowest BCUT2D eigenvalue weighted by atomic mass is 10.0. The third-order valence-electron chi connectivity index (χ3n) is 4.61. The molecule has 1 heterocycles. The fourth-order valence-electron chi connectivity index (χ4n) is 3.11. The highest BCUT2D eigenvalue weighted by atomic mass is 16.3. The average molecular weight is 276 g/mol. The molecule has 1 aromatic rings. The zero-order valence-electron chi connectivity index (χ0n) is 13.0. The van der Waals surface area contributed by atoms with E-state index in [1.165, 1.54) is 31.6 Å². The van der Waals surface area contributed by atoms with Crippen LogP contribution in [0.3, 0.4) is 0 Å². The van der Waals surface area contributed by atoms with Crippen LogP contribution >= 0.6 is 0 Å². The number of rotatable bonds is 5. The number of phenolic OH excluding ortho intramolecular Hbond substituents is 1. The SMILES string of the molecule is CCN1CCN(C(C)CCc2ccc(O)cc2)CC1C. The summed E-state index contributed by atoms with van der Waals surface area (Å²) >= 11 is 0. The Bertz CT molecular complexity index is 404. The predicted octanol–water partition coefficient (Wildman–Crippen LogP) is 2.74. The maximum Gasteiger partial charge on any atom is 0.115 e. The summed E-state index contributed by atoms with van der Waals surface area (Å²) in [6.45, 7) is 11.7. The van der Waals surface area contributed by atoms with Crippen LogP contribution in [0.15, 0.2) is 24.3 Å². The summed E-state index contributed by atoms with van der Waals surface area (Å²) in [5.74, 6) is 0.353. The molecule has 2 atom stereocenters. The smallest absolute Gasteiger partial charge is 0.115 e. The van der Waals surface area contributed by atoms with Crippen molar-refractivity contribution in [3.05, 3.63) is 29.8 Å². The lowest BCUT2D eigenvalue weighted by molar-refractivity contribution is 0.0614. The van der Waals surface area contributed by atoms with Gasteiger partial charge in [0.1, 0.15) is 5.75 Å². The second-order valence-corrected chi connectivity index (χ2v) is 6.03. The van der Waals surface area contributed by atoms with Gasteiger partial charge in [0.05, 0.1) is 0 Å². The standard InChI is InChI=1S/C17H28N2O/c1-4-18-11-12-19(13-15(18)3)14(2)5-6-16-7-9-17(20)10-8-16/h7-10,14-15,20H,4-6,11-13H2,1-3H3. The zero-order valence-corrected chi connectivity index (χ0v) is 13.0. The van der Waals surface area contributed by atoms with Gasteiger partial charge in [-0.25, -0.2) is 0 Å². The van der Waals surface area contributed by atoms with Gasteiger partial charge in [-0.1, -0.05) is 19.1 Å². The van der Waals surface area contributed by atoms with Gasteiger partial charge in [-0.05, 0) is 50.9 Å². The van der Waals surface area contributed by atoms with Crippen molar-refractivity contribution in [3.8, 4) is 5.75 Å². The molecule has 1 aliphatic heterocycles. The summed E-state index contributed by atoms with van der Waals surface area (Å²) in [6, 6.07) is 8.92. The topological polar surface area (TPSA) is 26.7 Å². The van der Waals surface area contributed by atoms with E-state index in [9.17, 15) is 5.11 Å². The van der Waals surface area contributed by atoms with Crippen LogP contribution in [-0.4, -0.2) is 53.2 Å². The number of piperazine rings is 1. The van der Waals surface area contributed by atoms with Crippen molar-refractivity contribution in [2.24, 2.45) is 0 Å². The molecule has 1 saturated heterocycles. The molecule has 1 aromatic carbocycles. The fourth-order valence-corrected chi connectivity index (χ4v) is 3.11. The highest BCUT2D eigenvalue weighted by Crippen LogP contribution is 2.17. The first-order valence-electron chi connectivity index (χ1n) is 7.86. The molecular weight excluding hydrogens is 248 g/mol. The van der Waals surface area contributed by atoms with Crippen LogP contribution in [0.2, 0.25) is 0 Å². The molecule has 0 amide bonds. The molecule has 0 bridgehead atoms.